The molecule has 0 bridgehead atoms. The van der Waals surface area contributed by atoms with E-state index in [-0.39, 0.29) is 0 Å². The quantitative estimate of drug-likeness (QED) is 0.437. The van der Waals surface area contributed by atoms with E-state index in [4.69, 9.17) is 0 Å². The van der Waals surface area contributed by atoms with Gasteiger partial charge in [0.2, 0.25) is 0 Å². The molecule has 7 heteroatoms. The molecule has 0 atom stereocenters. The lowest BCUT2D eigenvalue weighted by Crippen LogP contribution is -2.29. The average Bonchev–Trinajstić information content (AvgIpc) is 1.92. The van der Waals surface area contributed by atoms with E-state index in [9.17, 15) is 22.1 Å². The molecule has 2 nitrogen and oxygen atoms in total. The lowest BCUT2D eigenvalue weighted by molar-refractivity contribution is -0.121. The summed E-state index contributed by atoms with van der Waals surface area (Å²) in [5, 5.41) is 0. The van der Waals surface area contributed by atoms with E-state index in [1.165, 1.54) is 0 Å². The summed E-state index contributed by atoms with van der Waals surface area (Å²) in [4.78, 5) is 12.8. The van der Waals surface area contributed by atoms with Gasteiger partial charge in [-0.2, -0.15) is 0 Å². The minimum Gasteiger partial charge on any atom is -0.418 e. The number of carbonyl (C=O) groups is 1. The van der Waals surface area contributed by atoms with Gasteiger partial charge in [-0.15, -0.1) is 0 Å². The molecule has 78 valence electrons. The molecule has 0 spiro atoms. The van der Waals surface area contributed by atoms with Crippen LogP contribution in [0.2, 0.25) is 0 Å². The maximum absolute atomic E-state index is 10.6. The summed E-state index contributed by atoms with van der Waals surface area (Å²) in [5.41, 5.74) is 0. The van der Waals surface area contributed by atoms with Gasteiger partial charge in [0.1, 0.15) is 5.78 Å². The Hall–Kier alpha value is -0.585. The third kappa shape index (κ3) is 11.4. The molecule has 1 rings (SSSR count). The molecular formula is C6H11BF4NO-. The van der Waals surface area contributed by atoms with Crippen molar-refractivity contribution < 1.29 is 22.1 Å². The molecule has 1 fully saturated rings. The lowest BCUT2D eigenvalue weighted by Gasteiger charge is -2.19. The summed E-state index contributed by atoms with van der Waals surface area (Å²) >= 11 is 0. The van der Waals surface area contributed by atoms with Gasteiger partial charge < -0.3 is 22.2 Å². The highest BCUT2D eigenvalue weighted by Gasteiger charge is 2.20. The van der Waals surface area contributed by atoms with Crippen molar-refractivity contribution in [3.8, 4) is 0 Å². The number of Topliss-reactive ketones (excluding diaryl/α,β-unsaturated/α-hetero) is 1. The number of piperidine rings is 1. The molecule has 0 aromatic carbocycles. The van der Waals surface area contributed by atoms with Crippen LogP contribution in [0.1, 0.15) is 12.8 Å². The van der Waals surface area contributed by atoms with Gasteiger partial charge in [-0.3, -0.25) is 4.79 Å². The summed E-state index contributed by atoms with van der Waals surface area (Å²) < 4.78 is 39.0. The van der Waals surface area contributed by atoms with Crippen LogP contribution >= 0.6 is 0 Å². The van der Waals surface area contributed by atoms with Crippen LogP contribution in [-0.4, -0.2) is 38.1 Å². The molecule has 0 aromatic rings. The maximum atomic E-state index is 10.6. The Morgan fingerprint density at radius 1 is 1.15 bits per heavy atom. The third-order valence-corrected chi connectivity index (χ3v) is 1.54. The third-order valence-electron chi connectivity index (χ3n) is 1.54. The van der Waals surface area contributed by atoms with Crippen LogP contribution in [0.25, 0.3) is 0 Å². The predicted octanol–water partition coefficient (Wildman–Crippen LogP) is 1.58. The second kappa shape index (κ2) is 5.21. The molecule has 0 aliphatic carbocycles. The van der Waals surface area contributed by atoms with E-state index in [2.05, 4.69) is 4.90 Å². The van der Waals surface area contributed by atoms with Crippen molar-refractivity contribution in [1.82, 2.24) is 4.90 Å². The molecule has 1 heterocycles. The molecule has 1 aliphatic heterocycles. The number of halogens is 4. The first kappa shape index (κ1) is 12.4. The Morgan fingerprint density at radius 3 is 1.69 bits per heavy atom. The van der Waals surface area contributed by atoms with Crippen LogP contribution in [0.4, 0.5) is 17.3 Å². The van der Waals surface area contributed by atoms with Crippen molar-refractivity contribution in [3.63, 3.8) is 0 Å². The van der Waals surface area contributed by atoms with E-state index in [0.29, 0.717) is 5.78 Å². The molecule has 0 N–H and O–H groups in total. The molecule has 0 amide bonds. The lowest BCUT2D eigenvalue weighted by atomic mass is 10.1. The Balaban J connectivity index is 0.000000252. The minimum atomic E-state index is -6.00. The summed E-state index contributed by atoms with van der Waals surface area (Å²) in [6.07, 6.45) is 1.52. The molecule has 0 unspecified atom stereocenters. The molecule has 0 saturated carbocycles. The van der Waals surface area contributed by atoms with Crippen molar-refractivity contribution in [1.29, 1.82) is 0 Å². The Bertz CT molecular complexity index is 157. The van der Waals surface area contributed by atoms with E-state index >= 15 is 0 Å². The minimum absolute atomic E-state index is 0.420. The zero-order valence-electron chi connectivity index (χ0n) is 7.27. The van der Waals surface area contributed by atoms with Gasteiger partial charge in [0.05, 0.1) is 0 Å². The monoisotopic (exact) mass is 200 g/mol. The Labute approximate surface area is 74.0 Å². The standard InChI is InChI=1S/C6H11NO.BF4/c1-7-4-2-6(8)3-5-7;2-1(3,4)5/h2-5H2,1H3;/q;-1. The topological polar surface area (TPSA) is 20.3 Å². The second-order valence-electron chi connectivity index (χ2n) is 2.84. The zero-order chi connectivity index (χ0) is 10.5. The van der Waals surface area contributed by atoms with Crippen LogP contribution in [0.15, 0.2) is 0 Å². The summed E-state index contributed by atoms with van der Waals surface area (Å²) in [7, 11) is -3.95. The van der Waals surface area contributed by atoms with E-state index in [1.54, 1.807) is 0 Å². The van der Waals surface area contributed by atoms with E-state index in [0.717, 1.165) is 25.9 Å². The van der Waals surface area contributed by atoms with Gasteiger partial charge in [0.15, 0.2) is 0 Å². The highest BCUT2D eigenvalue weighted by atomic mass is 19.5. The molecule has 13 heavy (non-hydrogen) atoms. The van der Waals surface area contributed by atoms with Crippen molar-refractivity contribution in [2.45, 2.75) is 12.8 Å². The van der Waals surface area contributed by atoms with Crippen LogP contribution in [0.3, 0.4) is 0 Å². The fourth-order valence-electron chi connectivity index (χ4n) is 0.868. The highest BCUT2D eigenvalue weighted by molar-refractivity contribution is 6.50. The van der Waals surface area contributed by atoms with Crippen LogP contribution in [0.5, 0.6) is 0 Å². The number of nitrogens with zero attached hydrogens (tertiary/aromatic N) is 1. The number of ketones is 1. The fourth-order valence-corrected chi connectivity index (χ4v) is 0.868. The average molecular weight is 200 g/mol. The first-order valence-electron chi connectivity index (χ1n) is 3.86. The number of likely N-dealkylation sites (tertiary alicyclic amines) is 1. The normalized spacial score (nSPS) is 19.3. The van der Waals surface area contributed by atoms with Gasteiger partial charge in [-0.1, -0.05) is 0 Å². The number of rotatable bonds is 0. The predicted molar refractivity (Wildman–Crippen MR) is 41.9 cm³/mol. The van der Waals surface area contributed by atoms with E-state index < -0.39 is 7.25 Å². The smallest absolute Gasteiger partial charge is 0.418 e. The summed E-state index contributed by atoms with van der Waals surface area (Å²) in [6.45, 7) is 1.91. The summed E-state index contributed by atoms with van der Waals surface area (Å²) in [5.74, 6) is 0.420. The Morgan fingerprint density at radius 2 is 1.46 bits per heavy atom. The number of hydrogen-bond donors (Lipinski definition) is 0. The zero-order valence-corrected chi connectivity index (χ0v) is 7.27. The number of carbonyl (C=O) groups excluding carboxylic acids is 1. The molecule has 0 radical (unpaired) electrons. The second-order valence-corrected chi connectivity index (χ2v) is 2.84. The number of hydrogen-bond acceptors (Lipinski definition) is 2. The van der Waals surface area contributed by atoms with Gasteiger partial charge >= 0.3 is 7.25 Å². The van der Waals surface area contributed by atoms with Crippen LogP contribution in [0, 0.1) is 0 Å². The fraction of sp³-hybridized carbons (Fsp3) is 0.833. The molecule has 1 aliphatic rings. The first-order valence-corrected chi connectivity index (χ1v) is 3.86. The molecule has 0 aromatic heterocycles. The van der Waals surface area contributed by atoms with Gasteiger partial charge in [0, 0.05) is 25.9 Å². The van der Waals surface area contributed by atoms with Crippen molar-refractivity contribution in [2.75, 3.05) is 20.1 Å². The largest absolute Gasteiger partial charge is 0.673 e. The molecule has 1 saturated heterocycles. The van der Waals surface area contributed by atoms with Crippen LogP contribution in [-0.2, 0) is 4.79 Å². The first-order chi connectivity index (χ1) is 5.79. The SMILES string of the molecule is CN1CCC(=O)CC1.F[B-](F)(F)F. The van der Waals surface area contributed by atoms with Crippen molar-refractivity contribution in [3.05, 3.63) is 0 Å². The van der Waals surface area contributed by atoms with Gasteiger partial charge in [-0.25, -0.2) is 0 Å². The summed E-state index contributed by atoms with van der Waals surface area (Å²) in [6, 6.07) is 0. The molecular weight excluding hydrogens is 189 g/mol. The maximum Gasteiger partial charge on any atom is 0.673 e. The van der Waals surface area contributed by atoms with Crippen LogP contribution < -0.4 is 0 Å². The van der Waals surface area contributed by atoms with E-state index in [1.807, 2.05) is 7.05 Å². The van der Waals surface area contributed by atoms with Gasteiger partial charge in [-0.05, 0) is 7.05 Å². The van der Waals surface area contributed by atoms with Crippen molar-refractivity contribution >= 4 is 13.0 Å². The van der Waals surface area contributed by atoms with Crippen molar-refractivity contribution in [2.24, 2.45) is 0 Å². The highest BCUT2D eigenvalue weighted by Crippen LogP contribution is 2.06. The van der Waals surface area contributed by atoms with Gasteiger partial charge in [0.25, 0.3) is 0 Å². The Kier molecular flexibility index (Phi) is 4.98.